The minimum absolute atomic E-state index is 0.0773. The van der Waals surface area contributed by atoms with E-state index in [9.17, 15) is 14.4 Å². The van der Waals surface area contributed by atoms with Gasteiger partial charge in [-0.25, -0.2) is 4.79 Å². The van der Waals surface area contributed by atoms with Crippen molar-refractivity contribution in [2.45, 2.75) is 63.8 Å². The van der Waals surface area contributed by atoms with Gasteiger partial charge in [0.15, 0.2) is 0 Å². The van der Waals surface area contributed by atoms with Gasteiger partial charge in [0.05, 0.1) is 6.61 Å². The first-order valence-electron chi connectivity index (χ1n) is 8.62. The minimum Gasteiger partial charge on any atom is -0.481 e. The number of hydrogen-bond donors (Lipinski definition) is 4. The molecule has 1 unspecified atom stereocenters. The number of aliphatic hydroxyl groups excluding tert-OH is 1. The molecule has 0 fully saturated rings. The predicted octanol–water partition coefficient (Wildman–Crippen LogP) is 2.26. The molecule has 4 N–H and O–H groups in total. The van der Waals surface area contributed by atoms with Crippen LogP contribution in [0, 0.1) is 0 Å². The fourth-order valence-electron chi connectivity index (χ4n) is 2.09. The molecule has 25 heavy (non-hydrogen) atoms. The van der Waals surface area contributed by atoms with E-state index in [2.05, 4.69) is 11.4 Å². The summed E-state index contributed by atoms with van der Waals surface area (Å²) >= 11 is 0. The Morgan fingerprint density at radius 2 is 1.52 bits per heavy atom. The number of carboxylic acids is 2. The lowest BCUT2D eigenvalue weighted by Gasteiger charge is -2.10. The molecule has 0 saturated heterocycles. The zero-order valence-electron chi connectivity index (χ0n) is 14.5. The first-order valence-corrected chi connectivity index (χ1v) is 8.62. The Balaban J connectivity index is 3.58. The molecule has 0 heterocycles. The van der Waals surface area contributed by atoms with Crippen LogP contribution in [0.3, 0.4) is 0 Å². The molecule has 0 aromatic rings. The van der Waals surface area contributed by atoms with Crippen LogP contribution in [-0.4, -0.2) is 45.8 Å². The average Bonchev–Trinajstić information content (AvgIpc) is 2.56. The molecule has 0 bridgehead atoms. The van der Waals surface area contributed by atoms with E-state index in [1.54, 1.807) is 6.08 Å². The normalized spacial score (nSPS) is 12.5. The third kappa shape index (κ3) is 15.1. The van der Waals surface area contributed by atoms with Gasteiger partial charge in [-0.3, -0.25) is 9.59 Å². The number of aliphatic carboxylic acids is 2. The van der Waals surface area contributed by atoms with Crippen molar-refractivity contribution in [3.05, 3.63) is 24.3 Å². The summed E-state index contributed by atoms with van der Waals surface area (Å²) in [6.07, 6.45) is 14.5. The first kappa shape index (κ1) is 22.9. The van der Waals surface area contributed by atoms with E-state index in [-0.39, 0.29) is 12.8 Å². The van der Waals surface area contributed by atoms with Gasteiger partial charge < -0.3 is 20.6 Å². The highest BCUT2D eigenvalue weighted by molar-refractivity contribution is 5.84. The molecule has 0 aliphatic heterocycles. The van der Waals surface area contributed by atoms with E-state index < -0.39 is 30.5 Å². The summed E-state index contributed by atoms with van der Waals surface area (Å²) < 4.78 is 0. The van der Waals surface area contributed by atoms with Crippen LogP contribution in [0.4, 0.5) is 0 Å². The number of rotatable bonds is 15. The van der Waals surface area contributed by atoms with Crippen molar-refractivity contribution < 1.29 is 29.7 Å². The number of carbonyl (C=O) groups is 3. The van der Waals surface area contributed by atoms with Crippen molar-refractivity contribution in [3.8, 4) is 0 Å². The largest absolute Gasteiger partial charge is 0.481 e. The monoisotopic (exact) mass is 355 g/mol. The van der Waals surface area contributed by atoms with Crippen molar-refractivity contribution >= 4 is 17.8 Å². The highest BCUT2D eigenvalue weighted by Gasteiger charge is 2.17. The highest BCUT2D eigenvalue weighted by Crippen LogP contribution is 2.07. The van der Waals surface area contributed by atoms with Crippen LogP contribution in [0.15, 0.2) is 24.3 Å². The predicted molar refractivity (Wildman–Crippen MR) is 94.1 cm³/mol. The second kappa shape index (κ2) is 15.4. The van der Waals surface area contributed by atoms with Crippen LogP contribution in [0.5, 0.6) is 0 Å². The van der Waals surface area contributed by atoms with E-state index in [1.807, 2.05) is 12.2 Å². The second-order valence-corrected chi connectivity index (χ2v) is 5.72. The van der Waals surface area contributed by atoms with Crippen LogP contribution in [0.1, 0.15) is 57.8 Å². The van der Waals surface area contributed by atoms with Crippen molar-refractivity contribution in [1.29, 1.82) is 0 Å². The number of carboxylic acid groups (broad SMARTS) is 2. The van der Waals surface area contributed by atoms with Gasteiger partial charge in [-0.2, -0.15) is 0 Å². The Morgan fingerprint density at radius 1 is 0.880 bits per heavy atom. The van der Waals surface area contributed by atoms with Crippen LogP contribution in [-0.2, 0) is 14.4 Å². The maximum absolute atomic E-state index is 11.4. The quantitative estimate of drug-likeness (QED) is 0.264. The SMILES string of the molecule is O=C(O)CCCCCCC/C=C\C/C=C\CC(=O)NC(CO)C(=O)O. The van der Waals surface area contributed by atoms with Crippen LogP contribution in [0.25, 0.3) is 0 Å². The van der Waals surface area contributed by atoms with Crippen molar-refractivity contribution in [3.63, 3.8) is 0 Å². The summed E-state index contributed by atoms with van der Waals surface area (Å²) in [5, 5.41) is 28.2. The van der Waals surface area contributed by atoms with Crippen molar-refractivity contribution in [2.24, 2.45) is 0 Å². The summed E-state index contributed by atoms with van der Waals surface area (Å²) in [5.74, 6) is -2.43. The van der Waals surface area contributed by atoms with Gasteiger partial charge in [-0.15, -0.1) is 0 Å². The van der Waals surface area contributed by atoms with E-state index >= 15 is 0 Å². The lowest BCUT2D eigenvalue weighted by molar-refractivity contribution is -0.142. The van der Waals surface area contributed by atoms with E-state index in [1.165, 1.54) is 0 Å². The van der Waals surface area contributed by atoms with E-state index in [0.29, 0.717) is 6.42 Å². The molecule has 0 aliphatic rings. The summed E-state index contributed by atoms with van der Waals surface area (Å²) in [6, 6.07) is -1.26. The molecule has 0 spiro atoms. The number of aliphatic hydroxyl groups is 1. The molecule has 7 nitrogen and oxygen atoms in total. The Morgan fingerprint density at radius 3 is 2.16 bits per heavy atom. The molecule has 0 radical (unpaired) electrons. The molecular weight excluding hydrogens is 326 g/mol. The Labute approximate surface area is 148 Å². The van der Waals surface area contributed by atoms with Crippen molar-refractivity contribution in [2.75, 3.05) is 6.61 Å². The molecular formula is C18H29NO6. The van der Waals surface area contributed by atoms with E-state index in [4.69, 9.17) is 15.3 Å². The summed E-state index contributed by atoms with van der Waals surface area (Å²) in [4.78, 5) is 32.4. The lowest BCUT2D eigenvalue weighted by Crippen LogP contribution is -2.43. The van der Waals surface area contributed by atoms with Gasteiger partial charge in [0.25, 0.3) is 0 Å². The molecule has 0 rings (SSSR count). The number of allylic oxidation sites excluding steroid dienone is 3. The summed E-state index contributed by atoms with van der Waals surface area (Å²) in [5.41, 5.74) is 0. The highest BCUT2D eigenvalue weighted by atomic mass is 16.4. The summed E-state index contributed by atoms with van der Waals surface area (Å²) in [7, 11) is 0. The molecule has 0 aliphatic carbocycles. The Bertz CT molecular complexity index is 458. The smallest absolute Gasteiger partial charge is 0.328 e. The minimum atomic E-state index is -1.26. The molecule has 0 aromatic carbocycles. The molecule has 1 atom stereocenters. The third-order valence-corrected chi connectivity index (χ3v) is 3.49. The number of unbranched alkanes of at least 4 members (excludes halogenated alkanes) is 5. The molecule has 7 heteroatoms. The zero-order chi connectivity index (χ0) is 18.9. The lowest BCUT2D eigenvalue weighted by atomic mass is 10.1. The fourth-order valence-corrected chi connectivity index (χ4v) is 2.09. The first-order chi connectivity index (χ1) is 12.0. The van der Waals surface area contributed by atoms with Crippen molar-refractivity contribution in [1.82, 2.24) is 5.32 Å². The fraction of sp³-hybridized carbons (Fsp3) is 0.611. The zero-order valence-corrected chi connectivity index (χ0v) is 14.5. The van der Waals surface area contributed by atoms with Gasteiger partial charge in [0.2, 0.25) is 5.91 Å². The van der Waals surface area contributed by atoms with Crippen LogP contribution in [0.2, 0.25) is 0 Å². The van der Waals surface area contributed by atoms with Gasteiger partial charge >= 0.3 is 11.9 Å². The molecule has 1 amide bonds. The molecule has 0 aromatic heterocycles. The average molecular weight is 355 g/mol. The van der Waals surface area contributed by atoms with Crippen LogP contribution >= 0.6 is 0 Å². The van der Waals surface area contributed by atoms with Crippen LogP contribution < -0.4 is 5.32 Å². The maximum atomic E-state index is 11.4. The number of hydrogen-bond acceptors (Lipinski definition) is 4. The van der Waals surface area contributed by atoms with Gasteiger partial charge in [0, 0.05) is 12.8 Å². The number of amides is 1. The second-order valence-electron chi connectivity index (χ2n) is 5.72. The molecule has 142 valence electrons. The standard InChI is InChI=1S/C18H29NO6/c20-14-15(18(24)25)19-16(21)12-10-8-6-4-2-1-3-5-7-9-11-13-17(22)23/h2,4,8,10,15,20H,1,3,5-7,9,11-14H2,(H,19,21)(H,22,23)(H,24,25)/b4-2-,10-8-. The van der Waals surface area contributed by atoms with Gasteiger partial charge in [0.1, 0.15) is 6.04 Å². The van der Waals surface area contributed by atoms with E-state index in [0.717, 1.165) is 38.5 Å². The number of nitrogens with one attached hydrogen (secondary N) is 1. The Kier molecular flexibility index (Phi) is 14.1. The number of carbonyl (C=O) groups excluding carboxylic acids is 1. The van der Waals surface area contributed by atoms with Gasteiger partial charge in [-0.05, 0) is 25.7 Å². The topological polar surface area (TPSA) is 124 Å². The maximum Gasteiger partial charge on any atom is 0.328 e. The third-order valence-electron chi connectivity index (χ3n) is 3.49. The summed E-state index contributed by atoms with van der Waals surface area (Å²) in [6.45, 7) is -0.632. The Hall–Kier alpha value is -2.15. The van der Waals surface area contributed by atoms with Gasteiger partial charge in [-0.1, -0.05) is 43.6 Å². The molecule has 0 saturated carbocycles.